The molecule has 4 heteroatoms. The lowest BCUT2D eigenvalue weighted by atomic mass is 9.91. The van der Waals surface area contributed by atoms with E-state index in [1.807, 2.05) is 24.3 Å². The van der Waals surface area contributed by atoms with Gasteiger partial charge in [0.15, 0.2) is 0 Å². The lowest BCUT2D eigenvalue weighted by Crippen LogP contribution is -2.53. The predicted octanol–water partition coefficient (Wildman–Crippen LogP) is 2.79. The molecule has 0 N–H and O–H groups in total. The first-order valence-electron chi connectivity index (χ1n) is 6.18. The molecule has 0 aliphatic heterocycles. The Hall–Kier alpha value is -0.770. The van der Waals surface area contributed by atoms with Crippen LogP contribution in [-0.2, 0) is 9.47 Å². The Bertz CT molecular complexity index is 366. The van der Waals surface area contributed by atoms with E-state index in [2.05, 4.69) is 6.92 Å². The predicted molar refractivity (Wildman–Crippen MR) is 71.5 cm³/mol. The molecule has 1 aromatic rings. The van der Waals surface area contributed by atoms with Gasteiger partial charge in [-0.2, -0.15) is 0 Å². The summed E-state index contributed by atoms with van der Waals surface area (Å²) in [6.07, 6.45) is 0.836. The molecule has 0 radical (unpaired) electrons. The zero-order valence-electron chi connectivity index (χ0n) is 10.8. The van der Waals surface area contributed by atoms with Crippen LogP contribution in [0.3, 0.4) is 0 Å². The summed E-state index contributed by atoms with van der Waals surface area (Å²) >= 11 is 6.13. The Kier molecular flexibility index (Phi) is 4.87. The van der Waals surface area contributed by atoms with E-state index in [1.165, 1.54) is 5.56 Å². The maximum absolute atomic E-state index is 6.13. The van der Waals surface area contributed by atoms with Crippen molar-refractivity contribution in [3.63, 3.8) is 0 Å². The third-order valence-corrected chi connectivity index (χ3v) is 3.51. The lowest BCUT2D eigenvalue weighted by molar-refractivity contribution is -0.0898. The van der Waals surface area contributed by atoms with E-state index in [4.69, 9.17) is 25.8 Å². The fourth-order valence-electron chi connectivity index (χ4n) is 1.91. The molecule has 0 spiro atoms. The second kappa shape index (κ2) is 6.41. The van der Waals surface area contributed by atoms with Gasteiger partial charge in [0.2, 0.25) is 0 Å². The smallest absolute Gasteiger partial charge is 0.128 e. The van der Waals surface area contributed by atoms with Gasteiger partial charge in [-0.25, -0.2) is 0 Å². The Labute approximate surface area is 113 Å². The number of halogens is 1. The molecule has 2 rings (SSSR count). The number of ether oxygens (including phenoxy) is 3. The van der Waals surface area contributed by atoms with Crippen LogP contribution in [-0.4, -0.2) is 37.9 Å². The average Bonchev–Trinajstić information content (AvgIpc) is 2.36. The van der Waals surface area contributed by atoms with E-state index in [0.29, 0.717) is 13.2 Å². The van der Waals surface area contributed by atoms with Gasteiger partial charge in [0.05, 0.1) is 18.6 Å². The zero-order chi connectivity index (χ0) is 13.0. The van der Waals surface area contributed by atoms with Gasteiger partial charge in [-0.15, -0.1) is 11.6 Å². The Morgan fingerprint density at radius 1 is 1.22 bits per heavy atom. The quantitative estimate of drug-likeness (QED) is 0.588. The number of rotatable bonds is 6. The molecule has 1 aliphatic rings. The lowest BCUT2D eigenvalue weighted by Gasteiger charge is -2.40. The number of benzene rings is 1. The second-order valence-electron chi connectivity index (χ2n) is 4.55. The van der Waals surface area contributed by atoms with E-state index in [0.717, 1.165) is 12.2 Å². The highest BCUT2D eigenvalue weighted by atomic mass is 35.5. The highest BCUT2D eigenvalue weighted by Gasteiger charge is 2.42. The molecule has 0 heterocycles. The average molecular weight is 271 g/mol. The summed E-state index contributed by atoms with van der Waals surface area (Å²) in [6.45, 7) is 3.19. The molecule has 1 aromatic carbocycles. The Balaban J connectivity index is 1.83. The van der Waals surface area contributed by atoms with Crippen LogP contribution in [0.15, 0.2) is 24.3 Å². The van der Waals surface area contributed by atoms with E-state index >= 15 is 0 Å². The number of hydrogen-bond acceptors (Lipinski definition) is 3. The molecule has 0 saturated heterocycles. The van der Waals surface area contributed by atoms with Crippen molar-refractivity contribution < 1.29 is 14.2 Å². The maximum atomic E-state index is 6.13. The molecule has 1 fully saturated rings. The van der Waals surface area contributed by atoms with Gasteiger partial charge in [-0.3, -0.25) is 0 Å². The van der Waals surface area contributed by atoms with Gasteiger partial charge in [0.25, 0.3) is 0 Å². The summed E-state index contributed by atoms with van der Waals surface area (Å²) in [4.78, 5) is 0. The third kappa shape index (κ3) is 3.37. The monoisotopic (exact) mass is 270 g/mol. The van der Waals surface area contributed by atoms with Crippen LogP contribution in [0.2, 0.25) is 0 Å². The summed E-state index contributed by atoms with van der Waals surface area (Å²) in [5, 5.41) is 0.0392. The minimum Gasteiger partial charge on any atom is -0.488 e. The van der Waals surface area contributed by atoms with Gasteiger partial charge in [-0.1, -0.05) is 17.7 Å². The van der Waals surface area contributed by atoms with Crippen LogP contribution in [0.4, 0.5) is 0 Å². The number of hydrogen-bond donors (Lipinski definition) is 0. The number of methoxy groups -OCH3 is 1. The number of alkyl halides is 1. The van der Waals surface area contributed by atoms with E-state index < -0.39 is 0 Å². The maximum Gasteiger partial charge on any atom is 0.128 e. The summed E-state index contributed by atoms with van der Waals surface area (Å²) in [7, 11) is 1.66. The first-order valence-corrected chi connectivity index (χ1v) is 6.62. The fraction of sp³-hybridized carbons (Fsp3) is 0.571. The minimum absolute atomic E-state index is 0.0388. The van der Waals surface area contributed by atoms with Crippen molar-refractivity contribution in [3.8, 4) is 5.75 Å². The summed E-state index contributed by atoms with van der Waals surface area (Å²) in [5.41, 5.74) is 1.22. The fourth-order valence-corrected chi connectivity index (χ4v) is 2.32. The molecule has 0 aromatic heterocycles. The normalized spacial score (nSPS) is 26.7. The van der Waals surface area contributed by atoms with E-state index in [1.54, 1.807) is 7.11 Å². The summed E-state index contributed by atoms with van der Waals surface area (Å²) < 4.78 is 16.5. The van der Waals surface area contributed by atoms with E-state index in [9.17, 15) is 0 Å². The largest absolute Gasteiger partial charge is 0.488 e. The summed E-state index contributed by atoms with van der Waals surface area (Å²) in [6, 6.07) is 8.02. The zero-order valence-corrected chi connectivity index (χ0v) is 11.5. The topological polar surface area (TPSA) is 27.7 Å². The Morgan fingerprint density at radius 3 is 2.56 bits per heavy atom. The van der Waals surface area contributed by atoms with Gasteiger partial charge >= 0.3 is 0 Å². The molecule has 3 nitrogen and oxygen atoms in total. The van der Waals surface area contributed by atoms with Gasteiger partial charge in [0, 0.05) is 13.5 Å². The molecule has 0 bridgehead atoms. The van der Waals surface area contributed by atoms with Crippen molar-refractivity contribution in [3.05, 3.63) is 29.8 Å². The summed E-state index contributed by atoms with van der Waals surface area (Å²) in [5.74, 6) is 0.870. The first kappa shape index (κ1) is 13.7. The van der Waals surface area contributed by atoms with Crippen LogP contribution in [0, 0.1) is 6.92 Å². The SMILES string of the molecule is COCCOC1C(Cl)CC1Oc1ccc(C)cc1. The standard InChI is InChI=1S/C14H19ClO3/c1-10-3-5-11(6-4-10)18-13-9-12(15)14(13)17-8-7-16-2/h3-6,12-14H,7-9H2,1-2H3. The van der Waals surface area contributed by atoms with E-state index in [-0.39, 0.29) is 17.6 Å². The van der Waals surface area contributed by atoms with Crippen LogP contribution in [0.5, 0.6) is 5.75 Å². The molecular formula is C14H19ClO3. The molecular weight excluding hydrogens is 252 g/mol. The minimum atomic E-state index is -0.0388. The second-order valence-corrected chi connectivity index (χ2v) is 5.11. The van der Waals surface area contributed by atoms with Gasteiger partial charge < -0.3 is 14.2 Å². The molecule has 18 heavy (non-hydrogen) atoms. The van der Waals surface area contributed by atoms with Gasteiger partial charge in [-0.05, 0) is 19.1 Å². The molecule has 0 amide bonds. The highest BCUT2D eigenvalue weighted by molar-refractivity contribution is 6.21. The van der Waals surface area contributed by atoms with Crippen molar-refractivity contribution in [2.45, 2.75) is 30.9 Å². The molecule has 3 atom stereocenters. The molecule has 1 saturated carbocycles. The highest BCUT2D eigenvalue weighted by Crippen LogP contribution is 2.33. The third-order valence-electron chi connectivity index (χ3n) is 3.09. The van der Waals surface area contributed by atoms with Crippen molar-refractivity contribution in [2.75, 3.05) is 20.3 Å². The molecule has 3 unspecified atom stereocenters. The Morgan fingerprint density at radius 2 is 1.94 bits per heavy atom. The molecule has 100 valence electrons. The van der Waals surface area contributed by atoms with Crippen LogP contribution in [0.1, 0.15) is 12.0 Å². The van der Waals surface area contributed by atoms with Crippen LogP contribution < -0.4 is 4.74 Å². The van der Waals surface area contributed by atoms with Gasteiger partial charge in [0.1, 0.15) is 18.0 Å². The van der Waals surface area contributed by atoms with Crippen LogP contribution in [0.25, 0.3) is 0 Å². The van der Waals surface area contributed by atoms with Crippen molar-refractivity contribution >= 4 is 11.6 Å². The van der Waals surface area contributed by atoms with Crippen molar-refractivity contribution in [2.24, 2.45) is 0 Å². The number of aryl methyl sites for hydroxylation is 1. The van der Waals surface area contributed by atoms with Crippen LogP contribution >= 0.6 is 11.6 Å². The van der Waals surface area contributed by atoms with Crippen molar-refractivity contribution in [1.29, 1.82) is 0 Å². The molecule has 1 aliphatic carbocycles. The first-order chi connectivity index (χ1) is 8.70. The van der Waals surface area contributed by atoms with Crippen molar-refractivity contribution in [1.82, 2.24) is 0 Å².